The maximum atomic E-state index is 12.4. The van der Waals surface area contributed by atoms with Crippen LogP contribution in [0.25, 0.3) is 0 Å². The van der Waals surface area contributed by atoms with Gasteiger partial charge in [0.25, 0.3) is 5.91 Å². The zero-order chi connectivity index (χ0) is 19.2. The molecular formula is C21H20ClN3O2. The maximum absolute atomic E-state index is 12.4. The van der Waals surface area contributed by atoms with E-state index in [1.165, 1.54) is 11.1 Å². The number of amides is 1. The normalized spacial score (nSPS) is 10.3. The van der Waals surface area contributed by atoms with Gasteiger partial charge >= 0.3 is 0 Å². The number of methoxy groups -OCH3 is 1. The molecule has 0 unspecified atom stereocenters. The summed E-state index contributed by atoms with van der Waals surface area (Å²) < 4.78 is 5.10. The summed E-state index contributed by atoms with van der Waals surface area (Å²) in [5, 5.41) is 6.48. The van der Waals surface area contributed by atoms with Crippen molar-refractivity contribution in [2.75, 3.05) is 17.7 Å². The average molecular weight is 382 g/mol. The number of hydrogen-bond acceptors (Lipinski definition) is 4. The van der Waals surface area contributed by atoms with Gasteiger partial charge in [-0.05, 0) is 42.8 Å². The van der Waals surface area contributed by atoms with E-state index in [0.717, 1.165) is 0 Å². The third-order valence-corrected chi connectivity index (χ3v) is 4.29. The van der Waals surface area contributed by atoms with Crippen molar-refractivity contribution < 1.29 is 9.53 Å². The van der Waals surface area contributed by atoms with Gasteiger partial charge in [-0.3, -0.25) is 4.79 Å². The van der Waals surface area contributed by atoms with Gasteiger partial charge in [0, 0.05) is 18.4 Å². The maximum Gasteiger partial charge on any atom is 0.257 e. The SMILES string of the molecule is COc1ccc(NC(=O)c2ccc(NCc3cccc(C)c3)nc2)cc1Cl. The monoisotopic (exact) mass is 381 g/mol. The molecule has 0 spiro atoms. The molecule has 0 atom stereocenters. The molecule has 5 nitrogen and oxygen atoms in total. The van der Waals surface area contributed by atoms with Gasteiger partial charge in [-0.25, -0.2) is 4.98 Å². The Morgan fingerprint density at radius 1 is 1.15 bits per heavy atom. The molecule has 1 heterocycles. The summed E-state index contributed by atoms with van der Waals surface area (Å²) in [6, 6.07) is 16.9. The molecule has 0 aliphatic heterocycles. The molecule has 27 heavy (non-hydrogen) atoms. The molecule has 0 bridgehead atoms. The van der Waals surface area contributed by atoms with E-state index in [-0.39, 0.29) is 5.91 Å². The second kappa shape index (κ2) is 8.56. The Morgan fingerprint density at radius 3 is 2.67 bits per heavy atom. The highest BCUT2D eigenvalue weighted by molar-refractivity contribution is 6.32. The molecule has 0 radical (unpaired) electrons. The minimum Gasteiger partial charge on any atom is -0.495 e. The summed E-state index contributed by atoms with van der Waals surface area (Å²) in [6.45, 7) is 2.73. The predicted octanol–water partition coefficient (Wildman–Crippen LogP) is 4.92. The lowest BCUT2D eigenvalue weighted by Crippen LogP contribution is -2.12. The van der Waals surface area contributed by atoms with Gasteiger partial charge in [0.05, 0.1) is 17.7 Å². The Kier molecular flexibility index (Phi) is 5.94. The standard InChI is InChI=1S/C21H20ClN3O2/c1-14-4-3-5-15(10-14)12-23-20-9-6-16(13-24-20)21(26)25-17-7-8-19(27-2)18(22)11-17/h3-11,13H,12H2,1-2H3,(H,23,24)(H,25,26). The van der Waals surface area contributed by atoms with Crippen LogP contribution in [0.5, 0.6) is 5.75 Å². The number of aryl methyl sites for hydroxylation is 1. The van der Waals surface area contributed by atoms with Crippen LogP contribution in [0.3, 0.4) is 0 Å². The van der Waals surface area contributed by atoms with E-state index in [2.05, 4.69) is 40.7 Å². The first-order chi connectivity index (χ1) is 13.0. The third-order valence-electron chi connectivity index (χ3n) is 3.99. The van der Waals surface area contributed by atoms with Crippen molar-refractivity contribution in [1.82, 2.24) is 4.98 Å². The minimum atomic E-state index is -0.256. The van der Waals surface area contributed by atoms with Gasteiger partial charge in [0.15, 0.2) is 0 Å². The van der Waals surface area contributed by atoms with E-state index in [0.29, 0.717) is 34.4 Å². The van der Waals surface area contributed by atoms with Crippen LogP contribution in [0.15, 0.2) is 60.8 Å². The number of nitrogens with zero attached hydrogens (tertiary/aromatic N) is 1. The van der Waals surface area contributed by atoms with Crippen molar-refractivity contribution >= 4 is 29.0 Å². The van der Waals surface area contributed by atoms with Gasteiger partial charge in [-0.15, -0.1) is 0 Å². The fraction of sp³-hybridized carbons (Fsp3) is 0.143. The zero-order valence-corrected chi connectivity index (χ0v) is 15.9. The number of pyridine rings is 1. The first-order valence-electron chi connectivity index (χ1n) is 8.45. The molecule has 0 saturated heterocycles. The summed E-state index contributed by atoms with van der Waals surface area (Å²) in [7, 11) is 1.54. The summed E-state index contributed by atoms with van der Waals surface area (Å²) >= 11 is 6.08. The summed E-state index contributed by atoms with van der Waals surface area (Å²) in [5.74, 6) is 1.01. The van der Waals surface area contributed by atoms with Crippen LogP contribution < -0.4 is 15.4 Å². The van der Waals surface area contributed by atoms with Crippen molar-refractivity contribution in [3.63, 3.8) is 0 Å². The number of nitrogens with one attached hydrogen (secondary N) is 2. The van der Waals surface area contributed by atoms with E-state index in [1.54, 1.807) is 43.6 Å². The van der Waals surface area contributed by atoms with E-state index in [4.69, 9.17) is 16.3 Å². The number of halogens is 1. The number of ether oxygens (including phenoxy) is 1. The minimum absolute atomic E-state index is 0.256. The first kappa shape index (κ1) is 18.7. The number of aromatic nitrogens is 1. The number of anilines is 2. The molecule has 138 valence electrons. The second-order valence-electron chi connectivity index (χ2n) is 6.08. The molecule has 0 fully saturated rings. The van der Waals surface area contributed by atoms with Crippen LogP contribution in [0.4, 0.5) is 11.5 Å². The van der Waals surface area contributed by atoms with Crippen molar-refractivity contribution in [1.29, 1.82) is 0 Å². The van der Waals surface area contributed by atoms with E-state index < -0.39 is 0 Å². The Labute approximate surface area is 163 Å². The summed E-state index contributed by atoms with van der Waals surface area (Å²) in [4.78, 5) is 16.7. The van der Waals surface area contributed by atoms with E-state index in [9.17, 15) is 4.79 Å². The molecule has 2 aromatic carbocycles. The van der Waals surface area contributed by atoms with Crippen molar-refractivity contribution in [3.05, 3.63) is 82.5 Å². The fourth-order valence-electron chi connectivity index (χ4n) is 2.59. The van der Waals surface area contributed by atoms with Crippen molar-refractivity contribution in [2.45, 2.75) is 13.5 Å². The second-order valence-corrected chi connectivity index (χ2v) is 6.49. The van der Waals surface area contributed by atoms with Crippen molar-refractivity contribution in [2.24, 2.45) is 0 Å². The Bertz CT molecular complexity index is 942. The van der Waals surface area contributed by atoms with Crippen LogP contribution in [0.2, 0.25) is 5.02 Å². The van der Waals surface area contributed by atoms with Crippen LogP contribution >= 0.6 is 11.6 Å². The molecule has 1 amide bonds. The Balaban J connectivity index is 1.60. The molecule has 6 heteroatoms. The molecule has 2 N–H and O–H groups in total. The van der Waals surface area contributed by atoms with Gasteiger partial charge in [-0.2, -0.15) is 0 Å². The zero-order valence-electron chi connectivity index (χ0n) is 15.1. The average Bonchev–Trinajstić information content (AvgIpc) is 2.67. The molecule has 0 aliphatic carbocycles. The van der Waals surface area contributed by atoms with Gasteiger partial charge in [0.2, 0.25) is 0 Å². The quantitative estimate of drug-likeness (QED) is 0.636. The lowest BCUT2D eigenvalue weighted by molar-refractivity contribution is 0.102. The highest BCUT2D eigenvalue weighted by Gasteiger charge is 2.09. The number of rotatable bonds is 6. The molecule has 3 aromatic rings. The smallest absolute Gasteiger partial charge is 0.257 e. The topological polar surface area (TPSA) is 63.2 Å². The lowest BCUT2D eigenvalue weighted by Gasteiger charge is -2.09. The largest absolute Gasteiger partial charge is 0.495 e. The molecule has 0 saturated carbocycles. The van der Waals surface area contributed by atoms with Gasteiger partial charge < -0.3 is 15.4 Å². The highest BCUT2D eigenvalue weighted by Crippen LogP contribution is 2.27. The number of benzene rings is 2. The van der Waals surface area contributed by atoms with Crippen molar-refractivity contribution in [3.8, 4) is 5.75 Å². The van der Waals surface area contributed by atoms with E-state index in [1.807, 2.05) is 6.07 Å². The summed E-state index contributed by atoms with van der Waals surface area (Å²) in [5.41, 5.74) is 3.44. The number of hydrogen-bond donors (Lipinski definition) is 2. The van der Waals surface area contributed by atoms with Crippen LogP contribution in [-0.4, -0.2) is 18.0 Å². The van der Waals surface area contributed by atoms with E-state index >= 15 is 0 Å². The Morgan fingerprint density at radius 2 is 2.00 bits per heavy atom. The molecule has 3 rings (SSSR count). The van der Waals surface area contributed by atoms with Crippen LogP contribution in [0, 0.1) is 6.92 Å². The lowest BCUT2D eigenvalue weighted by atomic mass is 10.1. The Hall–Kier alpha value is -3.05. The van der Waals surface area contributed by atoms with Crippen LogP contribution in [-0.2, 0) is 6.54 Å². The fourth-order valence-corrected chi connectivity index (χ4v) is 2.85. The van der Waals surface area contributed by atoms with Gasteiger partial charge in [-0.1, -0.05) is 41.4 Å². The summed E-state index contributed by atoms with van der Waals surface area (Å²) in [6.07, 6.45) is 1.54. The predicted molar refractivity (Wildman–Crippen MR) is 109 cm³/mol. The molecule has 1 aromatic heterocycles. The highest BCUT2D eigenvalue weighted by atomic mass is 35.5. The number of carbonyl (C=O) groups excluding carboxylic acids is 1. The molecular weight excluding hydrogens is 362 g/mol. The third kappa shape index (κ3) is 4.99. The van der Waals surface area contributed by atoms with Crippen LogP contribution in [0.1, 0.15) is 21.5 Å². The molecule has 0 aliphatic rings. The van der Waals surface area contributed by atoms with Gasteiger partial charge in [0.1, 0.15) is 11.6 Å². The number of carbonyl (C=O) groups is 1. The first-order valence-corrected chi connectivity index (χ1v) is 8.83.